The molecule has 0 amide bonds. The van der Waals surface area contributed by atoms with E-state index >= 15 is 0 Å². The summed E-state index contributed by atoms with van der Waals surface area (Å²) >= 11 is 0. The Bertz CT molecular complexity index is 146. The van der Waals surface area contributed by atoms with Gasteiger partial charge in [-0.05, 0) is 12.3 Å². The Kier molecular flexibility index (Phi) is 3.53. The molecule has 0 radical (unpaired) electrons. The fourth-order valence-corrected chi connectivity index (χ4v) is 0.990. The Morgan fingerprint density at radius 3 is 1.83 bits per heavy atom. The average Bonchev–Trinajstić information content (AvgIpc) is 1.83. The van der Waals surface area contributed by atoms with E-state index in [1.807, 2.05) is 0 Å². The normalized spacial score (nSPS) is 18.0. The molecule has 2 nitrogen and oxygen atoms in total. The van der Waals surface area contributed by atoms with E-state index in [-0.39, 0.29) is 12.3 Å². The van der Waals surface area contributed by atoms with Gasteiger partial charge in [0.2, 0.25) is 0 Å². The Morgan fingerprint density at radius 1 is 1.33 bits per heavy atom. The van der Waals surface area contributed by atoms with Crippen LogP contribution in [0.5, 0.6) is 0 Å². The summed E-state index contributed by atoms with van der Waals surface area (Å²) in [5, 5.41) is 9.08. The van der Waals surface area contributed by atoms with Gasteiger partial charge in [-0.1, -0.05) is 13.8 Å². The van der Waals surface area contributed by atoms with Gasteiger partial charge >= 0.3 is 6.18 Å². The van der Waals surface area contributed by atoms with Gasteiger partial charge in [-0.3, -0.25) is 0 Å². The van der Waals surface area contributed by atoms with E-state index in [9.17, 15) is 13.2 Å². The van der Waals surface area contributed by atoms with Crippen molar-refractivity contribution in [3.05, 3.63) is 0 Å². The molecule has 0 aliphatic rings. The predicted molar refractivity (Wildman–Crippen MR) is 39.5 cm³/mol. The molecule has 12 heavy (non-hydrogen) atoms. The lowest BCUT2D eigenvalue weighted by atomic mass is 9.92. The molecule has 5 heteroatoms. The van der Waals surface area contributed by atoms with Gasteiger partial charge in [0.25, 0.3) is 0 Å². The molecule has 0 rings (SSSR count). The van der Waals surface area contributed by atoms with Crippen LogP contribution in [-0.2, 0) is 0 Å². The summed E-state index contributed by atoms with van der Waals surface area (Å²) in [5.41, 5.74) is 2.15. The smallest absolute Gasteiger partial charge is 0.379 e. The quantitative estimate of drug-likeness (QED) is 0.695. The van der Waals surface area contributed by atoms with Crippen LogP contribution in [0.3, 0.4) is 0 Å². The molecule has 0 saturated carbocycles. The van der Waals surface area contributed by atoms with E-state index in [2.05, 4.69) is 0 Å². The van der Waals surface area contributed by atoms with Gasteiger partial charge in [-0.25, -0.2) is 0 Å². The Labute approximate surface area is 69.6 Å². The average molecular weight is 185 g/mol. The molecule has 1 atom stereocenters. The van der Waals surface area contributed by atoms with E-state index in [1.54, 1.807) is 13.8 Å². The van der Waals surface area contributed by atoms with Crippen molar-refractivity contribution in [3.63, 3.8) is 0 Å². The summed E-state index contributed by atoms with van der Waals surface area (Å²) in [5.74, 6) is -0.236. The van der Waals surface area contributed by atoms with Crippen LogP contribution in [0.25, 0.3) is 0 Å². The van der Waals surface area contributed by atoms with Crippen molar-refractivity contribution >= 4 is 0 Å². The molecule has 0 fully saturated rings. The second kappa shape index (κ2) is 3.62. The lowest BCUT2D eigenvalue weighted by Gasteiger charge is -2.30. The topological polar surface area (TPSA) is 46.2 Å². The van der Waals surface area contributed by atoms with Crippen molar-refractivity contribution < 1.29 is 18.3 Å². The highest BCUT2D eigenvalue weighted by Gasteiger charge is 2.52. The second-order valence-corrected chi connectivity index (χ2v) is 3.33. The first kappa shape index (κ1) is 11.7. The minimum atomic E-state index is -4.63. The van der Waals surface area contributed by atoms with Crippen LogP contribution in [0.2, 0.25) is 0 Å². The number of hydrogen-bond acceptors (Lipinski definition) is 2. The molecular weight excluding hydrogens is 171 g/mol. The number of nitrogens with two attached hydrogens (primary N) is 1. The molecule has 0 aromatic rings. The third-order valence-electron chi connectivity index (χ3n) is 1.61. The van der Waals surface area contributed by atoms with Crippen LogP contribution in [-0.4, -0.2) is 23.4 Å². The van der Waals surface area contributed by atoms with E-state index in [0.717, 1.165) is 0 Å². The molecule has 74 valence electrons. The second-order valence-electron chi connectivity index (χ2n) is 3.33. The predicted octanol–water partition coefficient (Wildman–Crippen LogP) is 1.28. The monoisotopic (exact) mass is 185 g/mol. The summed E-state index contributed by atoms with van der Waals surface area (Å²) in [6, 6.07) is 0. The lowest BCUT2D eigenvalue weighted by Crippen LogP contribution is -2.51. The Balaban J connectivity index is 4.46. The molecular formula is C7H14F3NO. The zero-order valence-electron chi connectivity index (χ0n) is 7.15. The van der Waals surface area contributed by atoms with Crippen LogP contribution in [0.15, 0.2) is 0 Å². The fraction of sp³-hybridized carbons (Fsp3) is 1.00. The van der Waals surface area contributed by atoms with Gasteiger partial charge in [-0.15, -0.1) is 0 Å². The largest absolute Gasteiger partial charge is 0.418 e. The fourth-order valence-electron chi connectivity index (χ4n) is 0.990. The van der Waals surface area contributed by atoms with Gasteiger partial charge in [-0.2, -0.15) is 13.2 Å². The lowest BCUT2D eigenvalue weighted by molar-refractivity contribution is -0.260. The van der Waals surface area contributed by atoms with Crippen LogP contribution >= 0.6 is 0 Å². The van der Waals surface area contributed by atoms with Gasteiger partial charge < -0.3 is 10.8 Å². The molecule has 0 aromatic carbocycles. The summed E-state index contributed by atoms with van der Waals surface area (Å²) in [6.07, 6.45) is -4.99. The first-order chi connectivity index (χ1) is 5.23. The minimum Gasteiger partial charge on any atom is -0.379 e. The minimum absolute atomic E-state index is 0.236. The zero-order chi connectivity index (χ0) is 9.99. The molecule has 0 aromatic heterocycles. The number of rotatable bonds is 3. The maximum atomic E-state index is 12.1. The summed E-state index contributed by atoms with van der Waals surface area (Å²) in [4.78, 5) is 0. The van der Waals surface area contributed by atoms with Gasteiger partial charge in [0.15, 0.2) is 5.60 Å². The van der Waals surface area contributed by atoms with Crippen LogP contribution < -0.4 is 5.73 Å². The maximum absolute atomic E-state index is 12.1. The van der Waals surface area contributed by atoms with Crippen LogP contribution in [0.4, 0.5) is 13.2 Å². The van der Waals surface area contributed by atoms with Crippen molar-refractivity contribution in [2.24, 2.45) is 11.7 Å². The molecule has 1 unspecified atom stereocenters. The molecule has 0 aliphatic heterocycles. The molecule has 0 spiro atoms. The molecule has 0 bridgehead atoms. The highest BCUT2D eigenvalue weighted by Crippen LogP contribution is 2.34. The van der Waals surface area contributed by atoms with Crippen molar-refractivity contribution in [2.75, 3.05) is 6.54 Å². The van der Waals surface area contributed by atoms with Gasteiger partial charge in [0, 0.05) is 6.54 Å². The zero-order valence-corrected chi connectivity index (χ0v) is 7.15. The summed E-state index contributed by atoms with van der Waals surface area (Å²) in [6.45, 7) is 2.42. The van der Waals surface area contributed by atoms with Gasteiger partial charge in [0.05, 0.1) is 0 Å². The number of halogens is 3. The SMILES string of the molecule is CC(C)CC(O)(CN)C(F)(F)F. The van der Waals surface area contributed by atoms with E-state index in [0.29, 0.717) is 0 Å². The van der Waals surface area contributed by atoms with Crippen molar-refractivity contribution in [1.29, 1.82) is 0 Å². The summed E-state index contributed by atoms with van der Waals surface area (Å²) < 4.78 is 36.4. The highest BCUT2D eigenvalue weighted by atomic mass is 19.4. The van der Waals surface area contributed by atoms with Crippen LogP contribution in [0, 0.1) is 5.92 Å². The highest BCUT2D eigenvalue weighted by molar-refractivity contribution is 4.88. The number of hydrogen-bond donors (Lipinski definition) is 2. The van der Waals surface area contributed by atoms with E-state index < -0.39 is 18.3 Å². The van der Waals surface area contributed by atoms with Crippen LogP contribution in [0.1, 0.15) is 20.3 Å². The molecule has 0 heterocycles. The Morgan fingerprint density at radius 2 is 1.75 bits per heavy atom. The summed E-state index contributed by atoms with van der Waals surface area (Å²) in [7, 11) is 0. The maximum Gasteiger partial charge on any atom is 0.418 e. The van der Waals surface area contributed by atoms with Crippen molar-refractivity contribution in [1.82, 2.24) is 0 Å². The third-order valence-corrected chi connectivity index (χ3v) is 1.61. The molecule has 0 aliphatic carbocycles. The first-order valence-corrected chi connectivity index (χ1v) is 3.72. The molecule has 3 N–H and O–H groups in total. The third kappa shape index (κ3) is 2.64. The first-order valence-electron chi connectivity index (χ1n) is 3.72. The van der Waals surface area contributed by atoms with Gasteiger partial charge in [0.1, 0.15) is 0 Å². The van der Waals surface area contributed by atoms with E-state index in [1.165, 1.54) is 0 Å². The standard InChI is InChI=1S/C7H14F3NO/c1-5(2)3-6(12,4-11)7(8,9)10/h5,12H,3-4,11H2,1-2H3. The Hall–Kier alpha value is -0.290. The van der Waals surface area contributed by atoms with Crippen molar-refractivity contribution in [3.8, 4) is 0 Å². The molecule has 0 saturated heterocycles. The van der Waals surface area contributed by atoms with E-state index in [4.69, 9.17) is 10.8 Å². The van der Waals surface area contributed by atoms with Crippen molar-refractivity contribution in [2.45, 2.75) is 32.0 Å². The number of aliphatic hydroxyl groups is 1. The number of alkyl halides is 3.